The minimum Gasteiger partial charge on any atom is -0.387 e. The number of nitrogens with zero attached hydrogens (tertiary/aromatic N) is 3. The molecule has 0 saturated carbocycles. The molecule has 1 N–H and O–H groups in total. The summed E-state index contributed by atoms with van der Waals surface area (Å²) < 4.78 is 36.3. The molecule has 0 aliphatic carbocycles. The fraction of sp³-hybridized carbons (Fsp3) is 0.667. The van der Waals surface area contributed by atoms with Crippen LogP contribution in [0.15, 0.2) is 6.20 Å². The first-order valence-electron chi connectivity index (χ1n) is 3.53. The highest BCUT2D eigenvalue weighted by Crippen LogP contribution is 2.19. The Bertz CT molecular complexity index is 281. The van der Waals surface area contributed by atoms with E-state index >= 15 is 0 Å². The lowest BCUT2D eigenvalue weighted by Gasteiger charge is -2.09. The molecular formula is C6H8F3N3O. The van der Waals surface area contributed by atoms with Crippen molar-refractivity contribution in [2.45, 2.75) is 25.7 Å². The van der Waals surface area contributed by atoms with Crippen molar-refractivity contribution in [3.63, 3.8) is 0 Å². The first-order chi connectivity index (χ1) is 5.90. The van der Waals surface area contributed by atoms with Gasteiger partial charge in [-0.05, 0) is 6.92 Å². The summed E-state index contributed by atoms with van der Waals surface area (Å²) in [6, 6.07) is 0. The first kappa shape index (κ1) is 9.97. The zero-order valence-corrected chi connectivity index (χ0v) is 6.78. The Kier molecular flexibility index (Phi) is 2.55. The Labute approximate surface area is 72.0 Å². The van der Waals surface area contributed by atoms with Crippen LogP contribution in [0.1, 0.15) is 18.7 Å². The summed E-state index contributed by atoms with van der Waals surface area (Å²) in [6.45, 7) is 0.124. The van der Waals surface area contributed by atoms with Gasteiger partial charge in [0.2, 0.25) is 0 Å². The van der Waals surface area contributed by atoms with Crippen molar-refractivity contribution >= 4 is 0 Å². The molecule has 0 radical (unpaired) electrons. The molecule has 0 unspecified atom stereocenters. The van der Waals surface area contributed by atoms with E-state index in [4.69, 9.17) is 5.11 Å². The number of rotatable bonds is 2. The molecule has 0 saturated heterocycles. The van der Waals surface area contributed by atoms with Crippen molar-refractivity contribution in [2.75, 3.05) is 0 Å². The molecule has 7 heteroatoms. The van der Waals surface area contributed by atoms with E-state index in [1.807, 2.05) is 0 Å². The van der Waals surface area contributed by atoms with E-state index in [1.54, 1.807) is 0 Å². The molecule has 0 amide bonds. The monoisotopic (exact) mass is 195 g/mol. The van der Waals surface area contributed by atoms with Crippen LogP contribution in [0.4, 0.5) is 13.2 Å². The summed E-state index contributed by atoms with van der Waals surface area (Å²) in [4.78, 5) is 0. The summed E-state index contributed by atoms with van der Waals surface area (Å²) in [5, 5.41) is 15.5. The highest BCUT2D eigenvalue weighted by molar-refractivity contribution is 4.97. The van der Waals surface area contributed by atoms with Gasteiger partial charge in [-0.1, -0.05) is 5.21 Å². The molecule has 0 bridgehead atoms. The molecule has 0 aromatic carbocycles. The van der Waals surface area contributed by atoms with Crippen LogP contribution in [-0.2, 0) is 6.54 Å². The molecule has 0 aliphatic rings. The molecule has 1 aromatic rings. The lowest BCUT2D eigenvalue weighted by Crippen LogP contribution is -2.21. The predicted octanol–water partition coefficient (Wildman–Crippen LogP) is 0.894. The Morgan fingerprint density at radius 1 is 1.62 bits per heavy atom. The standard InChI is InChI=1S/C6H8F3N3O/c1-4(13)5-2-10-11-12(5)3-6(7,8)9/h2,4,13H,3H2,1H3/t4-/m0/s1. The van der Waals surface area contributed by atoms with Crippen molar-refractivity contribution in [2.24, 2.45) is 0 Å². The zero-order chi connectivity index (χ0) is 10.1. The SMILES string of the molecule is C[C@H](O)c1cnnn1CC(F)(F)F. The molecule has 1 heterocycles. The lowest BCUT2D eigenvalue weighted by atomic mass is 10.3. The minimum absolute atomic E-state index is 0.0531. The van der Waals surface area contributed by atoms with E-state index in [9.17, 15) is 13.2 Å². The van der Waals surface area contributed by atoms with E-state index in [2.05, 4.69) is 10.3 Å². The lowest BCUT2D eigenvalue weighted by molar-refractivity contribution is -0.143. The quantitative estimate of drug-likeness (QED) is 0.762. The van der Waals surface area contributed by atoms with Gasteiger partial charge in [-0.15, -0.1) is 5.10 Å². The van der Waals surface area contributed by atoms with E-state index in [-0.39, 0.29) is 5.69 Å². The van der Waals surface area contributed by atoms with Crippen molar-refractivity contribution in [1.29, 1.82) is 0 Å². The highest BCUT2D eigenvalue weighted by atomic mass is 19.4. The van der Waals surface area contributed by atoms with Crippen molar-refractivity contribution in [1.82, 2.24) is 15.0 Å². The van der Waals surface area contributed by atoms with Crippen LogP contribution in [0.2, 0.25) is 0 Å². The molecule has 1 atom stereocenters. The van der Waals surface area contributed by atoms with Gasteiger partial charge in [0.15, 0.2) is 0 Å². The topological polar surface area (TPSA) is 50.9 Å². The summed E-state index contributed by atoms with van der Waals surface area (Å²) in [7, 11) is 0. The van der Waals surface area contributed by atoms with Gasteiger partial charge >= 0.3 is 6.18 Å². The van der Waals surface area contributed by atoms with E-state index in [0.29, 0.717) is 4.68 Å². The Hall–Kier alpha value is -1.11. The van der Waals surface area contributed by atoms with Crippen LogP contribution < -0.4 is 0 Å². The molecular weight excluding hydrogens is 187 g/mol. The number of aliphatic hydroxyl groups excluding tert-OH is 1. The number of alkyl halides is 3. The third-order valence-electron chi connectivity index (χ3n) is 1.40. The third kappa shape index (κ3) is 2.69. The maximum absolute atomic E-state index is 11.9. The van der Waals surface area contributed by atoms with E-state index in [1.165, 1.54) is 6.92 Å². The average Bonchev–Trinajstić information content (AvgIpc) is 2.31. The molecule has 4 nitrogen and oxygen atoms in total. The number of hydrogen-bond acceptors (Lipinski definition) is 3. The van der Waals surface area contributed by atoms with Gasteiger partial charge in [0.05, 0.1) is 18.0 Å². The fourth-order valence-corrected chi connectivity index (χ4v) is 0.882. The normalized spacial score (nSPS) is 14.5. The first-order valence-corrected chi connectivity index (χ1v) is 3.53. The van der Waals surface area contributed by atoms with Crippen LogP contribution in [0.3, 0.4) is 0 Å². The fourth-order valence-electron chi connectivity index (χ4n) is 0.882. The van der Waals surface area contributed by atoms with Crippen molar-refractivity contribution in [3.05, 3.63) is 11.9 Å². The number of hydrogen-bond donors (Lipinski definition) is 1. The molecule has 0 aliphatic heterocycles. The molecule has 74 valence electrons. The van der Waals surface area contributed by atoms with Crippen LogP contribution in [0.25, 0.3) is 0 Å². The predicted molar refractivity (Wildman–Crippen MR) is 36.7 cm³/mol. The van der Waals surface area contributed by atoms with Crippen molar-refractivity contribution in [3.8, 4) is 0 Å². The summed E-state index contributed by atoms with van der Waals surface area (Å²) >= 11 is 0. The number of aliphatic hydroxyl groups is 1. The van der Waals surface area contributed by atoms with Gasteiger partial charge in [-0.2, -0.15) is 13.2 Å². The number of aromatic nitrogens is 3. The summed E-state index contributed by atoms with van der Waals surface area (Å²) in [6.07, 6.45) is -4.24. The largest absolute Gasteiger partial charge is 0.408 e. The molecule has 0 fully saturated rings. The van der Waals surface area contributed by atoms with Crippen LogP contribution in [0, 0.1) is 0 Å². The maximum Gasteiger partial charge on any atom is 0.408 e. The van der Waals surface area contributed by atoms with Gasteiger partial charge in [0.25, 0.3) is 0 Å². The van der Waals surface area contributed by atoms with Gasteiger partial charge in [0.1, 0.15) is 6.54 Å². The third-order valence-corrected chi connectivity index (χ3v) is 1.40. The van der Waals surface area contributed by atoms with Gasteiger partial charge in [0, 0.05) is 0 Å². The number of halogens is 3. The van der Waals surface area contributed by atoms with E-state index in [0.717, 1.165) is 6.20 Å². The smallest absolute Gasteiger partial charge is 0.387 e. The zero-order valence-electron chi connectivity index (χ0n) is 6.78. The van der Waals surface area contributed by atoms with Crippen LogP contribution >= 0.6 is 0 Å². The Balaban J connectivity index is 2.83. The van der Waals surface area contributed by atoms with Gasteiger partial charge < -0.3 is 5.11 Å². The molecule has 0 spiro atoms. The second-order valence-electron chi connectivity index (χ2n) is 2.61. The van der Waals surface area contributed by atoms with Gasteiger partial charge in [-0.3, -0.25) is 0 Å². The minimum atomic E-state index is -4.35. The Morgan fingerprint density at radius 2 is 2.23 bits per heavy atom. The average molecular weight is 195 g/mol. The van der Waals surface area contributed by atoms with Gasteiger partial charge in [-0.25, -0.2) is 4.68 Å². The Morgan fingerprint density at radius 3 is 2.69 bits per heavy atom. The highest BCUT2D eigenvalue weighted by Gasteiger charge is 2.30. The maximum atomic E-state index is 11.9. The summed E-state index contributed by atoms with van der Waals surface area (Å²) in [5.74, 6) is 0. The molecule has 1 aromatic heterocycles. The molecule has 13 heavy (non-hydrogen) atoms. The second kappa shape index (κ2) is 3.33. The van der Waals surface area contributed by atoms with Crippen LogP contribution in [-0.4, -0.2) is 26.3 Å². The summed E-state index contributed by atoms with van der Waals surface area (Å²) in [5.41, 5.74) is 0.0531. The molecule has 1 rings (SSSR count). The van der Waals surface area contributed by atoms with E-state index < -0.39 is 18.8 Å². The van der Waals surface area contributed by atoms with Crippen LogP contribution in [0.5, 0.6) is 0 Å². The van der Waals surface area contributed by atoms with Crippen molar-refractivity contribution < 1.29 is 18.3 Å². The second-order valence-corrected chi connectivity index (χ2v) is 2.61.